The summed E-state index contributed by atoms with van der Waals surface area (Å²) in [6.07, 6.45) is 1.00. The Kier molecular flexibility index (Phi) is 6.24. The summed E-state index contributed by atoms with van der Waals surface area (Å²) in [5.74, 6) is 1.66. The number of piperidine rings is 1. The summed E-state index contributed by atoms with van der Waals surface area (Å²) in [6, 6.07) is 4.27. The summed E-state index contributed by atoms with van der Waals surface area (Å²) >= 11 is 0. The molecule has 1 aromatic carbocycles. The number of methoxy groups -OCH3 is 2. The van der Waals surface area contributed by atoms with Gasteiger partial charge >= 0.3 is 0 Å². The van der Waals surface area contributed by atoms with Crippen molar-refractivity contribution in [1.29, 1.82) is 0 Å². The highest BCUT2D eigenvalue weighted by Gasteiger charge is 2.39. The summed E-state index contributed by atoms with van der Waals surface area (Å²) in [5, 5.41) is 7.19. The number of rotatable bonds is 6. The van der Waals surface area contributed by atoms with E-state index in [2.05, 4.69) is 15.4 Å². The maximum Gasteiger partial charge on any atom is 0.260 e. The molecule has 0 saturated carbocycles. The molecule has 2 aliphatic heterocycles. The number of hydrogen-bond donors (Lipinski definition) is 1. The molecule has 1 fully saturated rings. The molecule has 0 aliphatic carbocycles. The predicted octanol–water partition coefficient (Wildman–Crippen LogP) is 2.77. The van der Waals surface area contributed by atoms with E-state index in [1.54, 1.807) is 26.4 Å². The lowest BCUT2D eigenvalue weighted by Gasteiger charge is -2.40. The fourth-order valence-corrected chi connectivity index (χ4v) is 4.54. The number of carbonyl (C=O) groups is 1. The predicted molar refractivity (Wildman–Crippen MR) is 110 cm³/mol. The second kappa shape index (κ2) is 9.07. The molecule has 1 aromatic heterocycles. The van der Waals surface area contributed by atoms with E-state index in [-0.39, 0.29) is 30.7 Å². The van der Waals surface area contributed by atoms with E-state index in [0.29, 0.717) is 30.5 Å². The molecule has 3 heterocycles. The average Bonchev–Trinajstić information content (AvgIpc) is 3.27. The first kappa shape index (κ1) is 21.3. The van der Waals surface area contributed by atoms with E-state index in [1.165, 1.54) is 11.0 Å². The van der Waals surface area contributed by atoms with Gasteiger partial charge in [0.1, 0.15) is 12.4 Å². The van der Waals surface area contributed by atoms with Gasteiger partial charge < -0.3 is 19.7 Å². The number of halogens is 2. The maximum absolute atomic E-state index is 13.6. The summed E-state index contributed by atoms with van der Waals surface area (Å²) in [4.78, 5) is 18.9. The first-order chi connectivity index (χ1) is 15.0. The number of aromatic nitrogens is 3. The highest BCUT2D eigenvalue weighted by molar-refractivity contribution is 5.79. The molecule has 1 saturated heterocycles. The minimum absolute atomic E-state index is 0.0151. The third-order valence-electron chi connectivity index (χ3n) is 6.17. The summed E-state index contributed by atoms with van der Waals surface area (Å²) in [6.45, 7) is 1.21. The van der Waals surface area contributed by atoms with Crippen molar-refractivity contribution >= 4 is 11.9 Å². The van der Waals surface area contributed by atoms with E-state index in [9.17, 15) is 13.6 Å². The second-order valence-corrected chi connectivity index (χ2v) is 8.02. The molecular formula is C21H27F2N5O3. The third kappa shape index (κ3) is 4.42. The van der Waals surface area contributed by atoms with Gasteiger partial charge in [-0.3, -0.25) is 4.79 Å². The monoisotopic (exact) mass is 435 g/mol. The molecule has 0 radical (unpaired) electrons. The molecule has 1 N–H and O–H groups in total. The number of alkyl halides is 2. The molecule has 0 spiro atoms. The molecule has 4 rings (SSSR count). The van der Waals surface area contributed by atoms with E-state index >= 15 is 0 Å². The van der Waals surface area contributed by atoms with Crippen molar-refractivity contribution in [2.24, 2.45) is 5.92 Å². The minimum Gasteiger partial charge on any atom is -0.493 e. The lowest BCUT2D eigenvalue weighted by Crippen LogP contribution is -2.48. The van der Waals surface area contributed by atoms with Gasteiger partial charge in [0.25, 0.3) is 6.43 Å². The van der Waals surface area contributed by atoms with Crippen LogP contribution in [0.1, 0.15) is 30.9 Å². The largest absolute Gasteiger partial charge is 0.493 e. The van der Waals surface area contributed by atoms with E-state index in [4.69, 9.17) is 9.47 Å². The molecule has 10 heteroatoms. The molecule has 2 aromatic rings. The van der Waals surface area contributed by atoms with Crippen molar-refractivity contribution in [3.05, 3.63) is 30.1 Å². The zero-order valence-corrected chi connectivity index (χ0v) is 17.6. The van der Waals surface area contributed by atoms with Gasteiger partial charge in [-0.1, -0.05) is 6.07 Å². The summed E-state index contributed by atoms with van der Waals surface area (Å²) in [7, 11) is 3.13. The number of amides is 1. The summed E-state index contributed by atoms with van der Waals surface area (Å²) < 4.78 is 39.0. The van der Waals surface area contributed by atoms with Crippen molar-refractivity contribution in [3.63, 3.8) is 0 Å². The molecule has 3 atom stereocenters. The number of nitrogens with zero attached hydrogens (tertiary/aromatic N) is 4. The lowest BCUT2D eigenvalue weighted by atomic mass is 9.86. The Morgan fingerprint density at radius 3 is 2.84 bits per heavy atom. The van der Waals surface area contributed by atoms with Crippen molar-refractivity contribution in [2.75, 3.05) is 32.6 Å². The number of benzene rings is 1. The molecule has 8 nitrogen and oxygen atoms in total. The van der Waals surface area contributed by atoms with Crippen LogP contribution in [0.25, 0.3) is 0 Å². The Hall–Kier alpha value is -2.91. The molecule has 2 aliphatic rings. The van der Waals surface area contributed by atoms with Crippen LogP contribution < -0.4 is 14.8 Å². The Bertz CT molecular complexity index is 922. The molecule has 0 unspecified atom stereocenters. The Morgan fingerprint density at radius 1 is 1.29 bits per heavy atom. The van der Waals surface area contributed by atoms with E-state index < -0.39 is 12.5 Å². The van der Waals surface area contributed by atoms with Crippen molar-refractivity contribution in [3.8, 4) is 11.5 Å². The number of carbonyl (C=O) groups excluding carboxylic acids is 1. The SMILES string of the molecule is COc1ccc(CC(=O)N2CCC[C@H]([C@@H]3C[C@H](C(F)F)n4ncnc4N3)C2)cc1OC. The highest BCUT2D eigenvalue weighted by atomic mass is 19.3. The Morgan fingerprint density at radius 2 is 2.10 bits per heavy atom. The molecule has 1 amide bonds. The first-order valence-electron chi connectivity index (χ1n) is 10.4. The third-order valence-corrected chi connectivity index (χ3v) is 6.17. The fraction of sp³-hybridized carbons (Fsp3) is 0.571. The van der Waals surface area contributed by atoms with Crippen LogP contribution in [-0.2, 0) is 11.2 Å². The number of anilines is 1. The fourth-order valence-electron chi connectivity index (χ4n) is 4.54. The number of hydrogen-bond acceptors (Lipinski definition) is 6. The van der Waals surface area contributed by atoms with Crippen LogP contribution in [0.4, 0.5) is 14.7 Å². The minimum atomic E-state index is -2.52. The van der Waals surface area contributed by atoms with Gasteiger partial charge in [0.2, 0.25) is 11.9 Å². The second-order valence-electron chi connectivity index (χ2n) is 8.02. The van der Waals surface area contributed by atoms with Gasteiger partial charge in [-0.25, -0.2) is 13.5 Å². The number of ether oxygens (including phenoxy) is 2. The average molecular weight is 435 g/mol. The van der Waals surface area contributed by atoms with E-state index in [0.717, 1.165) is 18.4 Å². The van der Waals surface area contributed by atoms with Gasteiger partial charge in [0.05, 0.1) is 20.6 Å². The highest BCUT2D eigenvalue weighted by Crippen LogP contribution is 2.35. The standard InChI is InChI=1S/C21H27F2N5O3/c1-30-17-6-5-13(8-18(17)31-2)9-19(29)27-7-3-4-14(11-27)15-10-16(20(22)23)28-21(26-15)24-12-25-28/h5-6,8,12,14-16,20H,3-4,7,9-11H2,1-2H3,(H,24,25,26)/t14-,15-,16+/m0/s1. The van der Waals surface area contributed by atoms with Crippen LogP contribution in [-0.4, -0.2) is 65.3 Å². The molecular weight excluding hydrogens is 408 g/mol. The van der Waals surface area contributed by atoms with Gasteiger partial charge in [0.15, 0.2) is 11.5 Å². The van der Waals surface area contributed by atoms with Crippen LogP contribution in [0, 0.1) is 5.92 Å². The Balaban J connectivity index is 1.42. The quantitative estimate of drug-likeness (QED) is 0.752. The van der Waals surface area contributed by atoms with Gasteiger partial charge in [0, 0.05) is 19.1 Å². The van der Waals surface area contributed by atoms with Gasteiger partial charge in [-0.15, -0.1) is 0 Å². The number of nitrogens with one attached hydrogen (secondary N) is 1. The van der Waals surface area contributed by atoms with Crippen LogP contribution in [0.2, 0.25) is 0 Å². The molecule has 0 bridgehead atoms. The van der Waals surface area contributed by atoms with Crippen LogP contribution in [0.3, 0.4) is 0 Å². The van der Waals surface area contributed by atoms with Gasteiger partial charge in [-0.2, -0.15) is 10.1 Å². The number of likely N-dealkylation sites (tertiary alicyclic amines) is 1. The van der Waals surface area contributed by atoms with Crippen molar-refractivity contribution in [2.45, 2.75) is 44.2 Å². The van der Waals surface area contributed by atoms with Crippen LogP contribution in [0.15, 0.2) is 24.5 Å². The molecule has 168 valence electrons. The zero-order chi connectivity index (χ0) is 22.0. The van der Waals surface area contributed by atoms with Crippen LogP contribution in [0.5, 0.6) is 11.5 Å². The topological polar surface area (TPSA) is 81.5 Å². The summed E-state index contributed by atoms with van der Waals surface area (Å²) in [5.41, 5.74) is 0.839. The zero-order valence-electron chi connectivity index (χ0n) is 17.6. The smallest absolute Gasteiger partial charge is 0.260 e. The number of fused-ring (bicyclic) bond motifs is 1. The molecule has 31 heavy (non-hydrogen) atoms. The van der Waals surface area contributed by atoms with E-state index in [1.807, 2.05) is 11.0 Å². The van der Waals surface area contributed by atoms with Crippen LogP contribution >= 0.6 is 0 Å². The van der Waals surface area contributed by atoms with Crippen molar-refractivity contribution < 1.29 is 23.0 Å². The Labute approximate surface area is 179 Å². The van der Waals surface area contributed by atoms with Gasteiger partial charge in [-0.05, 0) is 42.9 Å². The normalized spacial score (nSPS) is 23.3. The van der Waals surface area contributed by atoms with Crippen molar-refractivity contribution in [1.82, 2.24) is 19.7 Å². The first-order valence-corrected chi connectivity index (χ1v) is 10.4. The lowest BCUT2D eigenvalue weighted by molar-refractivity contribution is -0.132. The maximum atomic E-state index is 13.6.